The van der Waals surface area contributed by atoms with E-state index in [-0.39, 0.29) is 6.42 Å². The van der Waals surface area contributed by atoms with Gasteiger partial charge in [-0.15, -0.1) is 0 Å². The number of ether oxygens (including phenoxy) is 1. The SMILES string of the molecule is [2H]C([2H])(NC(=O)OC(C)(C)C)C([2H])([2H])C(=O)N[C@@H](Cc1cncn1C)C(=O)O. The summed E-state index contributed by atoms with van der Waals surface area (Å²) in [6.07, 6.45) is -1.93. The number of carboxylic acids is 1. The van der Waals surface area contributed by atoms with E-state index in [1.165, 1.54) is 37.9 Å². The van der Waals surface area contributed by atoms with Crippen LogP contribution in [0.15, 0.2) is 12.5 Å². The van der Waals surface area contributed by atoms with Gasteiger partial charge in [-0.2, -0.15) is 0 Å². The number of carbonyl (C=O) groups is 3. The van der Waals surface area contributed by atoms with Gasteiger partial charge in [0, 0.05) is 43.7 Å². The highest BCUT2D eigenvalue weighted by Crippen LogP contribution is 2.06. The van der Waals surface area contributed by atoms with Crippen molar-refractivity contribution in [2.24, 2.45) is 7.05 Å². The number of nitrogens with one attached hydrogen (secondary N) is 2. The van der Waals surface area contributed by atoms with Gasteiger partial charge in [-0.1, -0.05) is 0 Å². The first-order valence-corrected chi connectivity index (χ1v) is 7.07. The monoisotopic (exact) mass is 344 g/mol. The quantitative estimate of drug-likeness (QED) is 0.660. The Labute approximate surface area is 146 Å². The Kier molecular flexibility index (Phi) is 4.79. The number of imidazole rings is 1. The molecule has 0 fully saturated rings. The molecule has 134 valence electrons. The predicted molar refractivity (Wildman–Crippen MR) is 85.3 cm³/mol. The van der Waals surface area contributed by atoms with Gasteiger partial charge in [0.05, 0.1) is 6.33 Å². The Balaban J connectivity index is 2.92. The maximum atomic E-state index is 12.3. The van der Waals surface area contributed by atoms with Crippen LogP contribution < -0.4 is 10.6 Å². The largest absolute Gasteiger partial charge is 0.480 e. The number of rotatable bonds is 7. The normalized spacial score (nSPS) is 16.0. The van der Waals surface area contributed by atoms with Gasteiger partial charge in [0.1, 0.15) is 11.6 Å². The zero-order valence-corrected chi connectivity index (χ0v) is 13.9. The van der Waals surface area contributed by atoms with Crippen LogP contribution in [0.25, 0.3) is 0 Å². The fraction of sp³-hybridized carbons (Fsp3) is 0.600. The highest BCUT2D eigenvalue weighted by molar-refractivity contribution is 5.84. The van der Waals surface area contributed by atoms with Gasteiger partial charge >= 0.3 is 12.1 Å². The molecule has 3 N–H and O–H groups in total. The van der Waals surface area contributed by atoms with E-state index in [1.807, 2.05) is 5.32 Å². The van der Waals surface area contributed by atoms with Crippen molar-refractivity contribution < 1.29 is 29.7 Å². The Bertz CT molecular complexity index is 745. The number of carboxylic acid groups (broad SMARTS) is 1. The lowest BCUT2D eigenvalue weighted by Gasteiger charge is -2.19. The third-order valence-corrected chi connectivity index (χ3v) is 2.67. The minimum absolute atomic E-state index is 0.198. The summed E-state index contributed by atoms with van der Waals surface area (Å²) in [5, 5.41) is 12.9. The molecule has 0 saturated heterocycles. The summed E-state index contributed by atoms with van der Waals surface area (Å²) in [4.78, 5) is 39.3. The van der Waals surface area contributed by atoms with Crippen LogP contribution in [0.2, 0.25) is 0 Å². The summed E-state index contributed by atoms with van der Waals surface area (Å²) in [5.74, 6) is -2.98. The molecule has 0 aliphatic heterocycles. The fourth-order valence-electron chi connectivity index (χ4n) is 1.63. The van der Waals surface area contributed by atoms with E-state index in [9.17, 15) is 19.5 Å². The molecule has 0 radical (unpaired) electrons. The number of hydrogen-bond donors (Lipinski definition) is 3. The first-order valence-electron chi connectivity index (χ1n) is 9.07. The second kappa shape index (κ2) is 8.32. The van der Waals surface area contributed by atoms with E-state index >= 15 is 0 Å². The molecule has 9 nitrogen and oxygen atoms in total. The van der Waals surface area contributed by atoms with Crippen LogP contribution in [0.5, 0.6) is 0 Å². The van der Waals surface area contributed by atoms with E-state index in [1.54, 1.807) is 12.4 Å². The average Bonchev–Trinajstić information content (AvgIpc) is 2.88. The second-order valence-corrected chi connectivity index (χ2v) is 5.94. The van der Waals surface area contributed by atoms with Gasteiger partial charge in [-0.25, -0.2) is 14.6 Å². The van der Waals surface area contributed by atoms with E-state index in [0.717, 1.165) is 0 Å². The van der Waals surface area contributed by atoms with E-state index in [4.69, 9.17) is 10.2 Å². The van der Waals surface area contributed by atoms with Gasteiger partial charge in [0.25, 0.3) is 0 Å². The van der Waals surface area contributed by atoms with Crippen LogP contribution in [-0.2, 0) is 27.8 Å². The second-order valence-electron chi connectivity index (χ2n) is 5.94. The summed E-state index contributed by atoms with van der Waals surface area (Å²) in [5.41, 5.74) is -0.504. The smallest absolute Gasteiger partial charge is 0.407 e. The number of aromatic nitrogens is 2. The number of hydrogen-bond acceptors (Lipinski definition) is 5. The fourth-order valence-corrected chi connectivity index (χ4v) is 1.63. The molecular formula is C15H24N4O5. The average molecular weight is 344 g/mol. The minimum Gasteiger partial charge on any atom is -0.480 e. The van der Waals surface area contributed by atoms with Crippen LogP contribution in [-0.4, -0.2) is 50.8 Å². The Hall–Kier alpha value is -2.58. The summed E-state index contributed by atoms with van der Waals surface area (Å²) in [6, 6.07) is -1.53. The third kappa shape index (κ3) is 7.12. The summed E-state index contributed by atoms with van der Waals surface area (Å²) >= 11 is 0. The van der Waals surface area contributed by atoms with Gasteiger partial charge in [-0.05, 0) is 20.8 Å². The van der Waals surface area contributed by atoms with Crippen LogP contribution in [0, 0.1) is 0 Å². The Morgan fingerprint density at radius 1 is 1.46 bits per heavy atom. The molecule has 0 spiro atoms. The Morgan fingerprint density at radius 2 is 2.12 bits per heavy atom. The van der Waals surface area contributed by atoms with Crippen LogP contribution in [0.1, 0.15) is 38.3 Å². The van der Waals surface area contributed by atoms with E-state index < -0.39 is 42.5 Å². The molecular weight excluding hydrogens is 316 g/mol. The number of aliphatic carboxylic acids is 1. The number of aryl methyl sites for hydroxylation is 1. The molecule has 0 bridgehead atoms. The molecule has 0 aliphatic carbocycles. The molecule has 0 aliphatic rings. The molecule has 9 heteroatoms. The number of alkyl carbamates (subject to hydrolysis) is 1. The van der Waals surface area contributed by atoms with Crippen molar-refractivity contribution in [3.05, 3.63) is 18.2 Å². The highest BCUT2D eigenvalue weighted by Gasteiger charge is 2.22. The molecule has 0 aromatic carbocycles. The molecule has 24 heavy (non-hydrogen) atoms. The molecule has 1 aromatic heterocycles. The molecule has 2 amide bonds. The minimum atomic E-state index is -3.29. The van der Waals surface area contributed by atoms with E-state index in [2.05, 4.69) is 4.98 Å². The molecule has 0 unspecified atom stereocenters. The van der Waals surface area contributed by atoms with E-state index in [0.29, 0.717) is 5.69 Å². The molecule has 1 rings (SSSR count). The van der Waals surface area contributed by atoms with Gasteiger partial charge < -0.3 is 25.0 Å². The van der Waals surface area contributed by atoms with Crippen molar-refractivity contribution in [1.29, 1.82) is 0 Å². The van der Waals surface area contributed by atoms with Crippen LogP contribution >= 0.6 is 0 Å². The van der Waals surface area contributed by atoms with Crippen molar-refractivity contribution in [3.63, 3.8) is 0 Å². The molecule has 1 atom stereocenters. The van der Waals surface area contributed by atoms with Crippen molar-refractivity contribution >= 4 is 18.0 Å². The number of amides is 2. The highest BCUT2D eigenvalue weighted by atomic mass is 16.6. The number of nitrogens with zero attached hydrogens (tertiary/aromatic N) is 2. The maximum absolute atomic E-state index is 12.3. The topological polar surface area (TPSA) is 123 Å². The Morgan fingerprint density at radius 3 is 2.62 bits per heavy atom. The third-order valence-electron chi connectivity index (χ3n) is 2.67. The maximum Gasteiger partial charge on any atom is 0.407 e. The van der Waals surface area contributed by atoms with Crippen molar-refractivity contribution in [2.45, 2.75) is 45.2 Å². The van der Waals surface area contributed by atoms with Gasteiger partial charge in [-0.3, -0.25) is 4.79 Å². The lowest BCUT2D eigenvalue weighted by atomic mass is 10.1. The van der Waals surface area contributed by atoms with Gasteiger partial charge in [0.15, 0.2) is 0 Å². The zero-order valence-electron chi connectivity index (χ0n) is 17.9. The molecule has 1 heterocycles. The summed E-state index contributed by atoms with van der Waals surface area (Å²) in [7, 11) is 1.62. The standard InChI is InChI=1S/C15H24N4O5/c1-15(2,3)24-14(23)17-6-5-12(20)18-11(13(21)22)7-10-8-16-9-19(10)4/h8-9,11H,5-7H2,1-4H3,(H,17,23)(H,18,20)(H,21,22)/t11-/m0/s1/i5D2,6D2. The first kappa shape index (κ1) is 13.8. The van der Waals surface area contributed by atoms with Crippen molar-refractivity contribution in [1.82, 2.24) is 20.2 Å². The molecule has 0 saturated carbocycles. The lowest BCUT2D eigenvalue weighted by molar-refractivity contribution is -0.141. The molecule has 1 aromatic rings. The predicted octanol–water partition coefficient (Wildman–Crippen LogP) is 0.447. The lowest BCUT2D eigenvalue weighted by Crippen LogP contribution is -2.43. The first-order chi connectivity index (χ1) is 12.6. The van der Waals surface area contributed by atoms with Gasteiger partial charge in [0.2, 0.25) is 5.91 Å². The van der Waals surface area contributed by atoms with Crippen LogP contribution in [0.4, 0.5) is 4.79 Å². The summed E-state index contributed by atoms with van der Waals surface area (Å²) in [6.45, 7) is 1.41. The van der Waals surface area contributed by atoms with Crippen LogP contribution in [0.3, 0.4) is 0 Å². The van der Waals surface area contributed by atoms with Crippen molar-refractivity contribution in [3.8, 4) is 0 Å². The zero-order chi connectivity index (χ0) is 21.9. The number of carbonyl (C=O) groups excluding carboxylic acids is 2. The summed E-state index contributed by atoms with van der Waals surface area (Å²) < 4.78 is 37.4. The van der Waals surface area contributed by atoms with Crippen molar-refractivity contribution in [2.75, 3.05) is 6.50 Å².